The molecule has 1 fully saturated rings. The molecule has 0 bridgehead atoms. The average molecular weight is 361 g/mol. The number of hydrogen-bond donors (Lipinski definition) is 1. The van der Waals surface area contributed by atoms with Crippen molar-refractivity contribution >= 4 is 18.0 Å². The summed E-state index contributed by atoms with van der Waals surface area (Å²) in [7, 11) is 1.45. The molecule has 3 atom stereocenters. The van der Waals surface area contributed by atoms with Gasteiger partial charge < -0.3 is 19.5 Å². The van der Waals surface area contributed by atoms with Gasteiger partial charge in [-0.2, -0.15) is 0 Å². The smallest absolute Gasteiger partial charge is 0.331 e. The maximum absolute atomic E-state index is 12.6. The van der Waals surface area contributed by atoms with E-state index >= 15 is 0 Å². The zero-order chi connectivity index (χ0) is 19.3. The van der Waals surface area contributed by atoms with Crippen LogP contribution in [0.2, 0.25) is 0 Å². The lowest BCUT2D eigenvalue weighted by Crippen LogP contribution is -2.51. The standard InChI is InChI=1S/C20H27NO5/c1-13-6-5-7-14(2)21(13)20(24)15(3)26-19(23)11-9-16-8-10-17(22)18(12-16)25-4/h8-15,22H,5-7H2,1-4H3/b11-9+/t13-,14-,15+/m0/s1. The Morgan fingerprint density at radius 2 is 1.92 bits per heavy atom. The third kappa shape index (κ3) is 4.77. The van der Waals surface area contributed by atoms with Gasteiger partial charge in [-0.15, -0.1) is 0 Å². The SMILES string of the molecule is COc1cc(/C=C/C(=O)O[C@H](C)C(=O)N2[C@@H](C)CCC[C@@H]2C)ccc1O. The monoisotopic (exact) mass is 361 g/mol. The number of ether oxygens (including phenoxy) is 2. The van der Waals surface area contributed by atoms with Gasteiger partial charge in [-0.05, 0) is 63.8 Å². The lowest BCUT2D eigenvalue weighted by molar-refractivity contribution is -0.158. The summed E-state index contributed by atoms with van der Waals surface area (Å²) in [5.74, 6) is -0.402. The second-order valence-corrected chi connectivity index (χ2v) is 6.72. The zero-order valence-electron chi connectivity index (χ0n) is 15.8. The van der Waals surface area contributed by atoms with E-state index in [0.29, 0.717) is 11.3 Å². The molecule has 1 N–H and O–H groups in total. The van der Waals surface area contributed by atoms with Crippen molar-refractivity contribution in [1.29, 1.82) is 0 Å². The van der Waals surface area contributed by atoms with E-state index in [1.807, 2.05) is 18.7 Å². The van der Waals surface area contributed by atoms with Crippen molar-refractivity contribution in [2.75, 3.05) is 7.11 Å². The van der Waals surface area contributed by atoms with Gasteiger partial charge >= 0.3 is 5.97 Å². The number of esters is 1. The normalized spacial score (nSPS) is 21.5. The number of nitrogens with zero attached hydrogens (tertiary/aromatic N) is 1. The number of piperidine rings is 1. The molecule has 1 aromatic rings. The van der Waals surface area contributed by atoms with Crippen LogP contribution >= 0.6 is 0 Å². The summed E-state index contributed by atoms with van der Waals surface area (Å²) in [6.45, 7) is 5.66. The molecule has 6 nitrogen and oxygen atoms in total. The summed E-state index contributed by atoms with van der Waals surface area (Å²) in [6.07, 6.45) is 5.04. The summed E-state index contributed by atoms with van der Waals surface area (Å²) in [5.41, 5.74) is 0.675. The second kappa shape index (κ2) is 8.74. The molecule has 0 spiro atoms. The first-order valence-corrected chi connectivity index (χ1v) is 8.91. The van der Waals surface area contributed by atoms with E-state index in [4.69, 9.17) is 9.47 Å². The van der Waals surface area contributed by atoms with E-state index in [-0.39, 0.29) is 23.7 Å². The van der Waals surface area contributed by atoms with Crippen LogP contribution in [-0.4, -0.2) is 47.2 Å². The molecule has 0 radical (unpaired) electrons. The van der Waals surface area contributed by atoms with Crippen LogP contribution in [0, 0.1) is 0 Å². The Labute approximate surface area is 154 Å². The maximum atomic E-state index is 12.6. The van der Waals surface area contributed by atoms with Crippen molar-refractivity contribution < 1.29 is 24.2 Å². The predicted molar refractivity (Wildman–Crippen MR) is 98.9 cm³/mol. The molecular formula is C20H27NO5. The fourth-order valence-corrected chi connectivity index (χ4v) is 3.29. The number of phenolic OH excluding ortho intramolecular Hbond substituents is 1. The molecule has 1 aromatic carbocycles. The highest BCUT2D eigenvalue weighted by atomic mass is 16.5. The number of carbonyl (C=O) groups is 2. The molecule has 1 aliphatic heterocycles. The fourth-order valence-electron chi connectivity index (χ4n) is 3.29. The van der Waals surface area contributed by atoms with E-state index < -0.39 is 12.1 Å². The summed E-state index contributed by atoms with van der Waals surface area (Å²) in [5, 5.41) is 9.58. The van der Waals surface area contributed by atoms with Crippen LogP contribution in [0.3, 0.4) is 0 Å². The Balaban J connectivity index is 1.97. The lowest BCUT2D eigenvalue weighted by atomic mass is 9.97. The topological polar surface area (TPSA) is 76.1 Å². The third-order valence-electron chi connectivity index (χ3n) is 4.70. The van der Waals surface area contributed by atoms with Crippen LogP contribution in [0.15, 0.2) is 24.3 Å². The van der Waals surface area contributed by atoms with E-state index in [1.54, 1.807) is 25.1 Å². The van der Waals surface area contributed by atoms with E-state index in [9.17, 15) is 14.7 Å². The predicted octanol–water partition coefficient (Wildman–Crippen LogP) is 3.14. The molecule has 0 saturated carbocycles. The number of rotatable bonds is 5. The molecule has 1 aliphatic rings. The van der Waals surface area contributed by atoms with Gasteiger partial charge in [0, 0.05) is 18.2 Å². The van der Waals surface area contributed by atoms with Gasteiger partial charge in [-0.3, -0.25) is 4.79 Å². The number of hydrogen-bond acceptors (Lipinski definition) is 5. The van der Waals surface area contributed by atoms with Gasteiger partial charge in [-0.25, -0.2) is 4.79 Å². The molecule has 2 rings (SSSR count). The molecule has 1 heterocycles. The molecule has 1 amide bonds. The lowest BCUT2D eigenvalue weighted by Gasteiger charge is -2.40. The third-order valence-corrected chi connectivity index (χ3v) is 4.70. The summed E-state index contributed by atoms with van der Waals surface area (Å²) in [4.78, 5) is 26.5. The van der Waals surface area contributed by atoms with Gasteiger partial charge in [-0.1, -0.05) is 6.07 Å². The largest absolute Gasteiger partial charge is 0.504 e. The highest BCUT2D eigenvalue weighted by molar-refractivity contribution is 5.90. The number of carbonyl (C=O) groups excluding carboxylic acids is 2. The van der Waals surface area contributed by atoms with Crippen LogP contribution in [0.25, 0.3) is 6.08 Å². The van der Waals surface area contributed by atoms with Crippen LogP contribution in [0.1, 0.15) is 45.6 Å². The molecule has 0 aliphatic carbocycles. The maximum Gasteiger partial charge on any atom is 0.331 e. The van der Waals surface area contributed by atoms with E-state index in [1.165, 1.54) is 19.3 Å². The van der Waals surface area contributed by atoms with Crippen molar-refractivity contribution in [2.45, 2.75) is 58.2 Å². The minimum atomic E-state index is -0.829. The first-order chi connectivity index (χ1) is 12.3. The van der Waals surface area contributed by atoms with Crippen LogP contribution < -0.4 is 4.74 Å². The van der Waals surface area contributed by atoms with Crippen LogP contribution in [-0.2, 0) is 14.3 Å². The van der Waals surface area contributed by atoms with E-state index in [2.05, 4.69) is 0 Å². The van der Waals surface area contributed by atoms with Crippen molar-refractivity contribution in [1.82, 2.24) is 4.90 Å². The van der Waals surface area contributed by atoms with Crippen molar-refractivity contribution in [3.05, 3.63) is 29.8 Å². The zero-order valence-corrected chi connectivity index (χ0v) is 15.8. The Morgan fingerprint density at radius 1 is 1.27 bits per heavy atom. The first kappa shape index (κ1) is 19.8. The van der Waals surface area contributed by atoms with Gasteiger partial charge in [0.05, 0.1) is 7.11 Å². The summed E-state index contributed by atoms with van der Waals surface area (Å²) < 4.78 is 10.3. The molecule has 1 saturated heterocycles. The summed E-state index contributed by atoms with van der Waals surface area (Å²) >= 11 is 0. The first-order valence-electron chi connectivity index (χ1n) is 8.91. The fraction of sp³-hybridized carbons (Fsp3) is 0.500. The number of amides is 1. The van der Waals surface area contributed by atoms with Gasteiger partial charge in [0.2, 0.25) is 0 Å². The molecular weight excluding hydrogens is 334 g/mol. The number of aromatic hydroxyl groups is 1. The molecule has 0 unspecified atom stereocenters. The highest BCUT2D eigenvalue weighted by Gasteiger charge is 2.32. The Morgan fingerprint density at radius 3 is 2.54 bits per heavy atom. The Kier molecular flexibility index (Phi) is 6.66. The van der Waals surface area contributed by atoms with Crippen LogP contribution in [0.4, 0.5) is 0 Å². The highest BCUT2D eigenvalue weighted by Crippen LogP contribution is 2.27. The summed E-state index contributed by atoms with van der Waals surface area (Å²) in [6, 6.07) is 5.05. The Bertz CT molecular complexity index is 675. The van der Waals surface area contributed by atoms with Crippen molar-refractivity contribution in [3.63, 3.8) is 0 Å². The average Bonchev–Trinajstić information content (AvgIpc) is 2.60. The van der Waals surface area contributed by atoms with Gasteiger partial charge in [0.15, 0.2) is 17.6 Å². The number of likely N-dealkylation sites (tertiary alicyclic amines) is 1. The van der Waals surface area contributed by atoms with Crippen molar-refractivity contribution in [2.24, 2.45) is 0 Å². The minimum absolute atomic E-state index is 0.0243. The molecule has 26 heavy (non-hydrogen) atoms. The van der Waals surface area contributed by atoms with Gasteiger partial charge in [0.25, 0.3) is 5.91 Å². The van der Waals surface area contributed by atoms with Gasteiger partial charge in [0.1, 0.15) is 0 Å². The Hall–Kier alpha value is -2.50. The molecule has 142 valence electrons. The molecule has 0 aromatic heterocycles. The van der Waals surface area contributed by atoms with E-state index in [0.717, 1.165) is 19.3 Å². The minimum Gasteiger partial charge on any atom is -0.504 e. The molecule has 6 heteroatoms. The number of phenols is 1. The quantitative estimate of drug-likeness (QED) is 0.644. The number of methoxy groups -OCH3 is 1. The number of benzene rings is 1. The second-order valence-electron chi connectivity index (χ2n) is 6.72. The van der Waals surface area contributed by atoms with Crippen LogP contribution in [0.5, 0.6) is 11.5 Å². The van der Waals surface area contributed by atoms with Crippen molar-refractivity contribution in [3.8, 4) is 11.5 Å².